The van der Waals surface area contributed by atoms with Gasteiger partial charge in [-0.15, -0.1) is 0 Å². The minimum absolute atomic E-state index is 0.566. The average Bonchev–Trinajstić information content (AvgIpc) is 3.22. The van der Waals surface area contributed by atoms with E-state index in [1.807, 2.05) is 6.20 Å². The van der Waals surface area contributed by atoms with Gasteiger partial charge in [0.2, 0.25) is 0 Å². The molecule has 21 heavy (non-hydrogen) atoms. The topological polar surface area (TPSA) is 34.2 Å². The van der Waals surface area contributed by atoms with E-state index in [0.717, 1.165) is 35.5 Å². The first-order chi connectivity index (χ1) is 10.2. The fourth-order valence-corrected chi connectivity index (χ4v) is 4.56. The summed E-state index contributed by atoms with van der Waals surface area (Å²) in [5.41, 5.74) is 3.53. The molecule has 1 N–H and O–H groups in total. The Kier molecular flexibility index (Phi) is 4.21. The Bertz CT molecular complexity index is 502. The van der Waals surface area contributed by atoms with Crippen molar-refractivity contribution in [2.75, 3.05) is 14.2 Å². The third-order valence-corrected chi connectivity index (χ3v) is 5.72. The van der Waals surface area contributed by atoms with Gasteiger partial charge in [-0.1, -0.05) is 12.8 Å². The van der Waals surface area contributed by atoms with Crippen LogP contribution in [0.15, 0.2) is 6.20 Å². The first-order valence-electron chi connectivity index (χ1n) is 8.33. The summed E-state index contributed by atoms with van der Waals surface area (Å²) in [5.74, 6) is 3.82. The quantitative estimate of drug-likeness (QED) is 0.903. The minimum atomic E-state index is 0.566. The zero-order valence-corrected chi connectivity index (χ0v) is 13.8. The van der Waals surface area contributed by atoms with Crippen LogP contribution >= 0.6 is 0 Å². The predicted octanol–water partition coefficient (Wildman–Crippen LogP) is 3.27. The van der Waals surface area contributed by atoms with Crippen LogP contribution in [0.1, 0.15) is 42.5 Å². The standard InChI is InChI=1S/C18H28N2O/c1-11-10-20-15(12(2)18(11)21-4)9-16(19-3)17-13-7-5-6-8-14(13)17/h10,13-14,16-17,19H,5-9H2,1-4H3. The van der Waals surface area contributed by atoms with Crippen LogP contribution in [0.4, 0.5) is 0 Å². The van der Waals surface area contributed by atoms with Crippen LogP contribution in [-0.4, -0.2) is 25.2 Å². The maximum atomic E-state index is 5.54. The molecule has 0 aliphatic heterocycles. The first kappa shape index (κ1) is 14.8. The Labute approximate surface area is 128 Å². The largest absolute Gasteiger partial charge is 0.496 e. The number of likely N-dealkylation sites (N-methyl/N-ethyl adjacent to an activating group) is 1. The molecule has 1 aromatic rings. The van der Waals surface area contributed by atoms with Gasteiger partial charge in [-0.2, -0.15) is 0 Å². The van der Waals surface area contributed by atoms with E-state index in [9.17, 15) is 0 Å². The molecule has 0 amide bonds. The van der Waals surface area contributed by atoms with Crippen LogP contribution in [0.2, 0.25) is 0 Å². The van der Waals surface area contributed by atoms with Gasteiger partial charge in [0.25, 0.3) is 0 Å². The molecule has 0 bridgehead atoms. The number of methoxy groups -OCH3 is 1. The summed E-state index contributed by atoms with van der Waals surface area (Å²) in [6.45, 7) is 4.20. The number of aromatic nitrogens is 1. The number of ether oxygens (including phenoxy) is 1. The van der Waals surface area contributed by atoms with Crippen molar-refractivity contribution in [3.05, 3.63) is 23.0 Å². The van der Waals surface area contributed by atoms with Crippen molar-refractivity contribution < 1.29 is 4.74 Å². The van der Waals surface area contributed by atoms with Crippen LogP contribution in [-0.2, 0) is 6.42 Å². The highest BCUT2D eigenvalue weighted by Gasteiger charge is 2.53. The zero-order chi connectivity index (χ0) is 15.0. The SMILES string of the molecule is CNC(Cc1ncc(C)c(OC)c1C)C1C2CCCCC21. The van der Waals surface area contributed by atoms with E-state index in [0.29, 0.717) is 6.04 Å². The Balaban J connectivity index is 1.76. The number of hydrogen-bond acceptors (Lipinski definition) is 3. The number of aryl methyl sites for hydroxylation is 1. The van der Waals surface area contributed by atoms with Crippen LogP contribution in [0.3, 0.4) is 0 Å². The summed E-state index contributed by atoms with van der Waals surface area (Å²) in [6, 6.07) is 0.566. The molecular formula is C18H28N2O. The van der Waals surface area contributed by atoms with E-state index >= 15 is 0 Å². The second kappa shape index (κ2) is 5.96. The molecule has 2 saturated carbocycles. The van der Waals surface area contributed by atoms with Gasteiger partial charge in [-0.05, 0) is 51.5 Å². The Hall–Kier alpha value is -1.09. The fraction of sp³-hybridized carbons (Fsp3) is 0.722. The molecule has 3 rings (SSSR count). The third kappa shape index (κ3) is 2.68. The van der Waals surface area contributed by atoms with E-state index in [-0.39, 0.29) is 0 Å². The molecule has 0 aromatic carbocycles. The van der Waals surface area contributed by atoms with Gasteiger partial charge in [-0.3, -0.25) is 4.98 Å². The summed E-state index contributed by atoms with van der Waals surface area (Å²) < 4.78 is 5.54. The van der Waals surface area contributed by atoms with Crippen molar-refractivity contribution in [1.82, 2.24) is 10.3 Å². The van der Waals surface area contributed by atoms with Gasteiger partial charge in [-0.25, -0.2) is 0 Å². The number of hydrogen-bond donors (Lipinski definition) is 1. The highest BCUT2D eigenvalue weighted by Crippen LogP contribution is 2.57. The molecule has 1 heterocycles. The fourth-order valence-electron chi connectivity index (χ4n) is 4.56. The van der Waals surface area contributed by atoms with Crippen molar-refractivity contribution in [3.8, 4) is 5.75 Å². The smallest absolute Gasteiger partial charge is 0.128 e. The maximum absolute atomic E-state index is 5.54. The first-order valence-corrected chi connectivity index (χ1v) is 8.33. The lowest BCUT2D eigenvalue weighted by Gasteiger charge is -2.19. The molecule has 0 saturated heterocycles. The monoisotopic (exact) mass is 288 g/mol. The number of pyridine rings is 1. The van der Waals surface area contributed by atoms with Crippen LogP contribution in [0.25, 0.3) is 0 Å². The molecule has 1 aromatic heterocycles. The number of nitrogens with one attached hydrogen (secondary N) is 1. The van der Waals surface area contributed by atoms with Gasteiger partial charge in [0.1, 0.15) is 5.75 Å². The number of fused-ring (bicyclic) bond motifs is 1. The Morgan fingerprint density at radius 3 is 2.52 bits per heavy atom. The van der Waals surface area contributed by atoms with Gasteiger partial charge in [0.15, 0.2) is 0 Å². The van der Waals surface area contributed by atoms with E-state index in [1.54, 1.807) is 7.11 Å². The molecule has 3 heteroatoms. The summed E-state index contributed by atoms with van der Waals surface area (Å²) in [7, 11) is 3.86. The summed E-state index contributed by atoms with van der Waals surface area (Å²) in [6.07, 6.45) is 8.73. The number of nitrogens with zero attached hydrogens (tertiary/aromatic N) is 1. The van der Waals surface area contributed by atoms with Crippen molar-refractivity contribution >= 4 is 0 Å². The normalized spacial score (nSPS) is 28.9. The molecule has 2 fully saturated rings. The molecule has 2 aliphatic rings. The maximum Gasteiger partial charge on any atom is 0.128 e. The van der Waals surface area contributed by atoms with Gasteiger partial charge in [0.05, 0.1) is 7.11 Å². The molecule has 3 nitrogen and oxygen atoms in total. The van der Waals surface area contributed by atoms with E-state index in [4.69, 9.17) is 4.74 Å². The van der Waals surface area contributed by atoms with Gasteiger partial charge >= 0.3 is 0 Å². The lowest BCUT2D eigenvalue weighted by molar-refractivity contribution is 0.404. The summed E-state index contributed by atoms with van der Waals surface area (Å²) in [5, 5.41) is 3.57. The molecule has 3 atom stereocenters. The highest BCUT2D eigenvalue weighted by molar-refractivity contribution is 5.41. The summed E-state index contributed by atoms with van der Waals surface area (Å²) in [4.78, 5) is 4.68. The molecule has 116 valence electrons. The molecule has 2 aliphatic carbocycles. The van der Waals surface area contributed by atoms with Gasteiger partial charge < -0.3 is 10.1 Å². The molecule has 0 radical (unpaired) electrons. The molecule has 3 unspecified atom stereocenters. The molecule has 0 spiro atoms. The van der Waals surface area contributed by atoms with E-state index < -0.39 is 0 Å². The Morgan fingerprint density at radius 1 is 1.29 bits per heavy atom. The molecular weight excluding hydrogens is 260 g/mol. The third-order valence-electron chi connectivity index (χ3n) is 5.72. The Morgan fingerprint density at radius 2 is 1.95 bits per heavy atom. The minimum Gasteiger partial charge on any atom is -0.496 e. The zero-order valence-electron chi connectivity index (χ0n) is 13.8. The van der Waals surface area contributed by atoms with Crippen molar-refractivity contribution in [1.29, 1.82) is 0 Å². The van der Waals surface area contributed by atoms with Crippen LogP contribution in [0, 0.1) is 31.6 Å². The van der Waals surface area contributed by atoms with E-state index in [2.05, 4.69) is 31.2 Å². The highest BCUT2D eigenvalue weighted by atomic mass is 16.5. The lowest BCUT2D eigenvalue weighted by atomic mass is 9.99. The van der Waals surface area contributed by atoms with E-state index in [1.165, 1.54) is 36.9 Å². The predicted molar refractivity (Wildman–Crippen MR) is 85.8 cm³/mol. The number of rotatable bonds is 5. The van der Waals surface area contributed by atoms with Crippen LogP contribution < -0.4 is 10.1 Å². The van der Waals surface area contributed by atoms with Crippen LogP contribution in [0.5, 0.6) is 5.75 Å². The average molecular weight is 288 g/mol. The summed E-state index contributed by atoms with van der Waals surface area (Å²) >= 11 is 0. The van der Waals surface area contributed by atoms with Crippen molar-refractivity contribution in [3.63, 3.8) is 0 Å². The van der Waals surface area contributed by atoms with Gasteiger partial charge in [0, 0.05) is 35.5 Å². The lowest BCUT2D eigenvalue weighted by Crippen LogP contribution is -2.31. The second-order valence-electron chi connectivity index (χ2n) is 6.83. The van der Waals surface area contributed by atoms with Crippen molar-refractivity contribution in [2.45, 2.75) is 52.0 Å². The second-order valence-corrected chi connectivity index (χ2v) is 6.83. The van der Waals surface area contributed by atoms with Crippen molar-refractivity contribution in [2.24, 2.45) is 17.8 Å².